The van der Waals surface area contributed by atoms with Crippen molar-refractivity contribution in [3.05, 3.63) is 23.8 Å². The van der Waals surface area contributed by atoms with Gasteiger partial charge in [0.1, 0.15) is 0 Å². The lowest BCUT2D eigenvalue weighted by atomic mass is 9.99. The number of ether oxygens (including phenoxy) is 1. The van der Waals surface area contributed by atoms with Gasteiger partial charge in [-0.2, -0.15) is 0 Å². The van der Waals surface area contributed by atoms with Crippen LogP contribution in [0.5, 0.6) is 0 Å². The number of nitrogens with one attached hydrogen (secondary N) is 1. The van der Waals surface area contributed by atoms with Crippen LogP contribution in [0.3, 0.4) is 0 Å². The van der Waals surface area contributed by atoms with Gasteiger partial charge in [0.15, 0.2) is 0 Å². The van der Waals surface area contributed by atoms with Gasteiger partial charge in [-0.15, -0.1) is 0 Å². The summed E-state index contributed by atoms with van der Waals surface area (Å²) in [4.78, 5) is 2.51. The summed E-state index contributed by atoms with van der Waals surface area (Å²) in [5.74, 6) is 0. The van der Waals surface area contributed by atoms with Crippen LogP contribution in [0.15, 0.2) is 18.2 Å². The fraction of sp³-hybridized carbons (Fsp3) is 0.600. The van der Waals surface area contributed by atoms with Crippen LogP contribution in [0.2, 0.25) is 0 Å². The van der Waals surface area contributed by atoms with Crippen molar-refractivity contribution in [1.29, 1.82) is 0 Å². The lowest BCUT2D eigenvalue weighted by Gasteiger charge is -2.40. The molecule has 0 radical (unpaired) electrons. The van der Waals surface area contributed by atoms with Gasteiger partial charge in [0.2, 0.25) is 0 Å². The number of hydrogen-bond acceptors (Lipinski definition) is 3. The van der Waals surface area contributed by atoms with Gasteiger partial charge in [0.05, 0.1) is 12.7 Å². The van der Waals surface area contributed by atoms with E-state index < -0.39 is 0 Å². The van der Waals surface area contributed by atoms with E-state index in [2.05, 4.69) is 42.3 Å². The molecule has 0 aromatic heterocycles. The van der Waals surface area contributed by atoms with Gasteiger partial charge in [0, 0.05) is 30.5 Å². The highest BCUT2D eigenvalue weighted by Gasteiger charge is 2.26. The molecule has 1 aromatic rings. The first-order valence-corrected chi connectivity index (χ1v) is 6.99. The Bertz CT molecular complexity index is 433. The molecule has 18 heavy (non-hydrogen) atoms. The minimum absolute atomic E-state index is 0.327. The van der Waals surface area contributed by atoms with E-state index in [0.717, 1.165) is 19.7 Å². The Labute approximate surface area is 109 Å². The second-order valence-corrected chi connectivity index (χ2v) is 5.48. The standard InChI is InChI=1S/C15H22N2O/c1-11-10-18-12(2)9-17(11)15-7-3-6-14-13(15)5-4-8-16-14/h3,6-7,11-12,16H,4-5,8-10H2,1-2H3. The van der Waals surface area contributed by atoms with Crippen molar-refractivity contribution in [1.82, 2.24) is 0 Å². The number of benzene rings is 1. The summed E-state index contributed by atoms with van der Waals surface area (Å²) in [7, 11) is 0. The summed E-state index contributed by atoms with van der Waals surface area (Å²) in [6.07, 6.45) is 2.75. The summed E-state index contributed by atoms with van der Waals surface area (Å²) in [6, 6.07) is 7.10. The number of anilines is 2. The van der Waals surface area contributed by atoms with Crippen LogP contribution in [0.25, 0.3) is 0 Å². The van der Waals surface area contributed by atoms with E-state index in [9.17, 15) is 0 Å². The van der Waals surface area contributed by atoms with Crippen molar-refractivity contribution in [2.45, 2.75) is 38.8 Å². The average molecular weight is 246 g/mol. The van der Waals surface area contributed by atoms with Gasteiger partial charge in [-0.1, -0.05) is 6.07 Å². The molecule has 2 aliphatic rings. The van der Waals surface area contributed by atoms with Crippen LogP contribution < -0.4 is 10.2 Å². The third kappa shape index (κ3) is 2.07. The maximum atomic E-state index is 5.73. The van der Waals surface area contributed by atoms with Crippen molar-refractivity contribution in [3.8, 4) is 0 Å². The number of rotatable bonds is 1. The molecule has 2 aliphatic heterocycles. The molecule has 3 heteroatoms. The first-order valence-electron chi connectivity index (χ1n) is 6.99. The van der Waals surface area contributed by atoms with Crippen LogP contribution in [0.4, 0.5) is 11.4 Å². The summed E-state index contributed by atoms with van der Waals surface area (Å²) >= 11 is 0. The zero-order valence-electron chi connectivity index (χ0n) is 11.3. The SMILES string of the molecule is CC1CN(c2cccc3c2CCCN3)C(C)CO1. The molecular weight excluding hydrogens is 224 g/mol. The van der Waals surface area contributed by atoms with Crippen molar-refractivity contribution in [2.24, 2.45) is 0 Å². The normalized spacial score (nSPS) is 27.6. The molecular formula is C15H22N2O. The Hall–Kier alpha value is -1.22. The molecule has 1 aromatic carbocycles. The molecule has 3 nitrogen and oxygen atoms in total. The van der Waals surface area contributed by atoms with Gasteiger partial charge in [-0.25, -0.2) is 0 Å². The van der Waals surface area contributed by atoms with Crippen molar-refractivity contribution < 1.29 is 4.74 Å². The molecule has 1 fully saturated rings. The van der Waals surface area contributed by atoms with Crippen molar-refractivity contribution >= 4 is 11.4 Å². The Kier molecular flexibility index (Phi) is 3.16. The Morgan fingerprint density at radius 2 is 2.22 bits per heavy atom. The molecule has 2 heterocycles. The average Bonchev–Trinajstić information content (AvgIpc) is 2.41. The first kappa shape index (κ1) is 11.8. The topological polar surface area (TPSA) is 24.5 Å². The predicted molar refractivity (Wildman–Crippen MR) is 75.5 cm³/mol. The molecule has 0 spiro atoms. The molecule has 1 saturated heterocycles. The van der Waals surface area contributed by atoms with Gasteiger partial charge in [-0.3, -0.25) is 0 Å². The van der Waals surface area contributed by atoms with E-state index in [4.69, 9.17) is 4.74 Å². The van der Waals surface area contributed by atoms with Crippen LogP contribution >= 0.6 is 0 Å². The van der Waals surface area contributed by atoms with E-state index in [1.54, 1.807) is 0 Å². The van der Waals surface area contributed by atoms with E-state index in [1.165, 1.54) is 29.8 Å². The van der Waals surface area contributed by atoms with Crippen LogP contribution in [0.1, 0.15) is 25.8 Å². The van der Waals surface area contributed by atoms with Gasteiger partial charge in [0.25, 0.3) is 0 Å². The highest BCUT2D eigenvalue weighted by atomic mass is 16.5. The van der Waals surface area contributed by atoms with Gasteiger partial charge < -0.3 is 15.0 Å². The molecule has 0 amide bonds. The fourth-order valence-corrected chi connectivity index (χ4v) is 3.00. The summed E-state index contributed by atoms with van der Waals surface area (Å²) in [5.41, 5.74) is 4.22. The number of morpholine rings is 1. The molecule has 0 aliphatic carbocycles. The molecule has 2 unspecified atom stereocenters. The second-order valence-electron chi connectivity index (χ2n) is 5.48. The van der Waals surface area contributed by atoms with Crippen molar-refractivity contribution in [3.63, 3.8) is 0 Å². The highest BCUT2D eigenvalue weighted by Crippen LogP contribution is 2.33. The molecule has 2 atom stereocenters. The smallest absolute Gasteiger partial charge is 0.0723 e. The van der Waals surface area contributed by atoms with Crippen LogP contribution in [-0.2, 0) is 11.2 Å². The minimum Gasteiger partial charge on any atom is -0.385 e. The largest absolute Gasteiger partial charge is 0.385 e. The van der Waals surface area contributed by atoms with E-state index in [0.29, 0.717) is 12.1 Å². The third-order valence-electron chi connectivity index (χ3n) is 3.99. The lowest BCUT2D eigenvalue weighted by molar-refractivity contribution is 0.0343. The number of hydrogen-bond donors (Lipinski definition) is 1. The monoisotopic (exact) mass is 246 g/mol. The lowest BCUT2D eigenvalue weighted by Crippen LogP contribution is -2.47. The molecule has 0 bridgehead atoms. The Balaban J connectivity index is 1.95. The number of nitrogens with zero attached hydrogens (tertiary/aromatic N) is 1. The van der Waals surface area contributed by atoms with Crippen LogP contribution in [-0.4, -0.2) is 31.8 Å². The summed E-state index contributed by atoms with van der Waals surface area (Å²) in [6.45, 7) is 7.34. The first-order chi connectivity index (χ1) is 8.75. The molecule has 0 saturated carbocycles. The maximum Gasteiger partial charge on any atom is 0.0723 e. The van der Waals surface area contributed by atoms with E-state index >= 15 is 0 Å². The second kappa shape index (κ2) is 4.81. The van der Waals surface area contributed by atoms with E-state index in [-0.39, 0.29) is 0 Å². The predicted octanol–water partition coefficient (Wildman–Crippen LogP) is 2.66. The number of fused-ring (bicyclic) bond motifs is 1. The molecule has 3 rings (SSSR count). The van der Waals surface area contributed by atoms with Crippen molar-refractivity contribution in [2.75, 3.05) is 29.9 Å². The summed E-state index contributed by atoms with van der Waals surface area (Å²) in [5, 5.41) is 3.51. The highest BCUT2D eigenvalue weighted by molar-refractivity contribution is 5.68. The third-order valence-corrected chi connectivity index (χ3v) is 3.99. The zero-order chi connectivity index (χ0) is 12.5. The summed E-state index contributed by atoms with van der Waals surface area (Å²) < 4.78 is 5.73. The fourth-order valence-electron chi connectivity index (χ4n) is 3.00. The van der Waals surface area contributed by atoms with Gasteiger partial charge in [-0.05, 0) is 44.4 Å². The van der Waals surface area contributed by atoms with Crippen LogP contribution in [0, 0.1) is 0 Å². The van der Waals surface area contributed by atoms with Gasteiger partial charge >= 0.3 is 0 Å². The molecule has 1 N–H and O–H groups in total. The Morgan fingerprint density at radius 3 is 3.11 bits per heavy atom. The minimum atomic E-state index is 0.327. The Morgan fingerprint density at radius 1 is 1.33 bits per heavy atom. The quantitative estimate of drug-likeness (QED) is 0.824. The molecule has 98 valence electrons. The zero-order valence-corrected chi connectivity index (χ0v) is 11.3. The van der Waals surface area contributed by atoms with E-state index in [1.807, 2.05) is 0 Å². The maximum absolute atomic E-state index is 5.73.